The summed E-state index contributed by atoms with van der Waals surface area (Å²) in [7, 11) is 0.169. The number of urea groups is 1. The average molecular weight is 838 g/mol. The van der Waals surface area contributed by atoms with Gasteiger partial charge in [-0.15, -0.1) is 0 Å². The number of pyridine rings is 1. The number of amidine groups is 1. The molecule has 60 heavy (non-hydrogen) atoms. The van der Waals surface area contributed by atoms with Gasteiger partial charge in [-0.25, -0.2) is 9.79 Å². The molecule has 326 valence electrons. The Morgan fingerprint density at radius 2 is 1.57 bits per heavy atom. The number of hydrogen-bond acceptors (Lipinski definition) is 9. The topological polar surface area (TPSA) is 155 Å². The first-order valence-electron chi connectivity index (χ1n) is 21.7. The number of rotatable bonds is 14. The van der Waals surface area contributed by atoms with Gasteiger partial charge in [0.15, 0.2) is 8.32 Å². The number of nitrogens with zero attached hydrogens (tertiary/aromatic N) is 4. The van der Waals surface area contributed by atoms with Crippen LogP contribution >= 0.6 is 0 Å². The van der Waals surface area contributed by atoms with Crippen molar-refractivity contribution >= 4 is 37.4 Å². The largest absolute Gasteiger partial charge is 0.484 e. The highest BCUT2D eigenvalue weighted by molar-refractivity contribution is 6.77. The van der Waals surface area contributed by atoms with E-state index in [1.165, 1.54) is 0 Å². The third-order valence-electron chi connectivity index (χ3n) is 12.5. The maximum absolute atomic E-state index is 13.6. The molecule has 2 heterocycles. The summed E-state index contributed by atoms with van der Waals surface area (Å²) in [6.45, 7) is 25.6. The van der Waals surface area contributed by atoms with Crippen molar-refractivity contribution in [3.8, 4) is 5.75 Å². The highest BCUT2D eigenvalue weighted by Crippen LogP contribution is 2.42. The molecule has 2 aromatic carbocycles. The lowest BCUT2D eigenvalue weighted by Gasteiger charge is -2.45. The van der Waals surface area contributed by atoms with Gasteiger partial charge in [0.1, 0.15) is 29.0 Å². The van der Waals surface area contributed by atoms with Crippen LogP contribution in [0.25, 0.3) is 0 Å². The number of likely N-dealkylation sites (N-methyl/N-ethyl adjacent to an activating group) is 1. The van der Waals surface area contributed by atoms with Gasteiger partial charge < -0.3 is 19.9 Å². The third-order valence-corrected chi connectivity index (χ3v) is 18.6. The molecule has 3 atom stereocenters. The third kappa shape index (κ3) is 11.5. The Bertz CT molecular complexity index is 2030. The maximum Gasteiger partial charge on any atom is 0.320 e. The molecule has 3 aromatic rings. The molecule has 0 bridgehead atoms. The first-order valence-corrected chi connectivity index (χ1v) is 23.9. The number of amides is 2. The van der Waals surface area contributed by atoms with Crippen LogP contribution in [0.5, 0.6) is 5.75 Å². The molecule has 0 radical (unpaired) electrons. The van der Waals surface area contributed by atoms with Gasteiger partial charge in [0.25, 0.3) is 0 Å². The molecule has 12 nitrogen and oxygen atoms in total. The molecule has 0 saturated carbocycles. The lowest BCUT2D eigenvalue weighted by atomic mass is 9.85. The summed E-state index contributed by atoms with van der Waals surface area (Å²) in [5.41, 5.74) is 5.70. The van der Waals surface area contributed by atoms with Crippen molar-refractivity contribution in [3.63, 3.8) is 0 Å². The fraction of sp³-hybridized carbons (Fsp3) is 0.553. The van der Waals surface area contributed by atoms with E-state index in [1.54, 1.807) is 22.9 Å². The Morgan fingerprint density at radius 1 is 0.917 bits per heavy atom. The minimum atomic E-state index is -2.01. The molecule has 2 aliphatic rings. The minimum absolute atomic E-state index is 0.221. The van der Waals surface area contributed by atoms with Crippen molar-refractivity contribution in [1.29, 1.82) is 16.2 Å². The number of benzene rings is 2. The SMILES string of the molecule is Cc1ccc(N=C(CC(=N)C(C)(C)C)NC(=O)NC2CCC(Oc3ccc(=N)n(C(=N)CN4CCN(C)C(CO[Si](C(C)C)(C(C)C)C(C)C)C4)c3)c3ccccc32)cc1. The fourth-order valence-electron chi connectivity index (χ4n) is 8.97. The standard InChI is InChI=1S/C47H71N9O3Si/c1-31(2)60(32(3)4,33(5)6)58-30-36-27-55(25-24-54(36)11)29-44(50)56-28-37(20-23-43(56)49)59-41-22-21-40(38-14-12-13-15-39(38)41)52-46(57)53-45(26-42(48)47(8,9)10)51-35-18-16-34(7)17-19-35/h12-20,23,28,31-33,36,40-41,48-50H,21-22,24-27,29-30H2,1-11H3,(H2,51,52,53,57). The van der Waals surface area contributed by atoms with Crippen molar-refractivity contribution in [2.24, 2.45) is 10.4 Å². The lowest BCUT2D eigenvalue weighted by molar-refractivity contribution is 0.0667. The van der Waals surface area contributed by atoms with Gasteiger partial charge >= 0.3 is 6.03 Å². The van der Waals surface area contributed by atoms with E-state index in [0.29, 0.717) is 71.4 Å². The second-order valence-electron chi connectivity index (χ2n) is 18.8. The van der Waals surface area contributed by atoms with E-state index in [4.69, 9.17) is 30.4 Å². The van der Waals surface area contributed by atoms with Crippen LogP contribution in [0.1, 0.15) is 110 Å². The molecule has 2 amide bonds. The normalized spacial score (nSPS) is 19.4. The number of ether oxygens (including phenoxy) is 1. The molecule has 5 rings (SSSR count). The first kappa shape index (κ1) is 46.6. The number of fused-ring (bicyclic) bond motifs is 1. The number of piperazine rings is 1. The smallest absolute Gasteiger partial charge is 0.320 e. The van der Waals surface area contributed by atoms with Crippen molar-refractivity contribution in [3.05, 3.63) is 89.0 Å². The van der Waals surface area contributed by atoms with E-state index in [0.717, 1.165) is 36.3 Å². The number of hydrogen-bond donors (Lipinski definition) is 5. The van der Waals surface area contributed by atoms with Crippen LogP contribution in [0.4, 0.5) is 10.5 Å². The molecular formula is C47H71N9O3Si. The van der Waals surface area contributed by atoms with Gasteiger partial charge in [0, 0.05) is 37.8 Å². The van der Waals surface area contributed by atoms with Gasteiger partial charge in [-0.05, 0) is 84.2 Å². The Morgan fingerprint density at radius 3 is 2.20 bits per heavy atom. The van der Waals surface area contributed by atoms with Crippen LogP contribution in [0, 0.1) is 28.6 Å². The predicted octanol–water partition coefficient (Wildman–Crippen LogP) is 9.35. The van der Waals surface area contributed by atoms with Crippen LogP contribution in [0.15, 0.2) is 71.9 Å². The van der Waals surface area contributed by atoms with Crippen molar-refractivity contribution in [1.82, 2.24) is 25.0 Å². The molecule has 13 heteroatoms. The van der Waals surface area contributed by atoms with E-state index < -0.39 is 8.32 Å². The van der Waals surface area contributed by atoms with E-state index in [2.05, 4.69) is 69.0 Å². The lowest BCUT2D eigenvalue weighted by Crippen LogP contribution is -2.57. The Labute approximate surface area is 359 Å². The number of carbonyl (C=O) groups excluding carboxylic acids is 1. The van der Waals surface area contributed by atoms with E-state index in [-0.39, 0.29) is 41.5 Å². The molecule has 1 fully saturated rings. The van der Waals surface area contributed by atoms with Crippen LogP contribution in [0.2, 0.25) is 16.6 Å². The number of aliphatic imine (C=N–C) groups is 1. The van der Waals surface area contributed by atoms with Crippen LogP contribution < -0.4 is 20.9 Å². The Hall–Kier alpha value is -4.43. The zero-order chi connectivity index (χ0) is 43.9. The quantitative estimate of drug-likeness (QED) is 0.0622. The van der Waals surface area contributed by atoms with Crippen LogP contribution in [-0.4, -0.2) is 92.0 Å². The summed E-state index contributed by atoms with van der Waals surface area (Å²) in [6.07, 6.45) is 3.01. The Kier molecular flexibility index (Phi) is 15.5. The zero-order valence-electron chi connectivity index (χ0n) is 38.0. The average Bonchev–Trinajstić information content (AvgIpc) is 3.17. The summed E-state index contributed by atoms with van der Waals surface area (Å²) < 4.78 is 15.3. The summed E-state index contributed by atoms with van der Waals surface area (Å²) in [5, 5.41) is 32.7. The fourth-order valence-corrected chi connectivity index (χ4v) is 14.4. The Balaban J connectivity index is 1.24. The molecule has 0 spiro atoms. The van der Waals surface area contributed by atoms with E-state index >= 15 is 0 Å². The number of aromatic nitrogens is 1. The number of nitrogens with one attached hydrogen (secondary N) is 5. The summed E-state index contributed by atoms with van der Waals surface area (Å²) in [6, 6.07) is 18.9. The summed E-state index contributed by atoms with van der Waals surface area (Å²) in [5.74, 6) is 1.33. The molecular weight excluding hydrogens is 767 g/mol. The van der Waals surface area contributed by atoms with Crippen LogP contribution in [-0.2, 0) is 4.43 Å². The van der Waals surface area contributed by atoms with Crippen molar-refractivity contribution in [2.45, 2.75) is 123 Å². The summed E-state index contributed by atoms with van der Waals surface area (Å²) >= 11 is 0. The van der Waals surface area contributed by atoms with Gasteiger partial charge in [-0.1, -0.05) is 104 Å². The first-order chi connectivity index (χ1) is 28.3. The molecule has 5 N–H and O–H groups in total. The second kappa shape index (κ2) is 20.0. The predicted molar refractivity (Wildman–Crippen MR) is 247 cm³/mol. The second-order valence-corrected chi connectivity index (χ2v) is 24.3. The van der Waals surface area contributed by atoms with Crippen molar-refractivity contribution in [2.75, 3.05) is 39.8 Å². The molecule has 3 unspecified atom stereocenters. The van der Waals surface area contributed by atoms with Gasteiger partial charge in [-0.2, -0.15) is 0 Å². The zero-order valence-corrected chi connectivity index (χ0v) is 39.0. The highest BCUT2D eigenvalue weighted by atomic mass is 28.4. The minimum Gasteiger partial charge on any atom is -0.484 e. The van der Waals surface area contributed by atoms with Crippen LogP contribution in [0.3, 0.4) is 0 Å². The van der Waals surface area contributed by atoms with Gasteiger partial charge in [-0.3, -0.25) is 30.5 Å². The number of carbonyl (C=O) groups is 1. The molecule has 1 aliphatic heterocycles. The molecule has 1 aromatic heterocycles. The van der Waals surface area contributed by atoms with E-state index in [1.807, 2.05) is 76.2 Å². The molecule has 1 aliphatic carbocycles. The van der Waals surface area contributed by atoms with Gasteiger partial charge in [0.2, 0.25) is 0 Å². The maximum atomic E-state index is 13.6. The monoisotopic (exact) mass is 838 g/mol. The number of aryl methyl sites for hydroxylation is 1. The van der Waals surface area contributed by atoms with Gasteiger partial charge in [0.05, 0.1) is 31.1 Å². The molecule has 1 saturated heterocycles. The van der Waals surface area contributed by atoms with Crippen molar-refractivity contribution < 1.29 is 14.0 Å². The highest BCUT2D eigenvalue weighted by Gasteiger charge is 2.45. The van der Waals surface area contributed by atoms with E-state index in [9.17, 15) is 4.79 Å². The summed E-state index contributed by atoms with van der Waals surface area (Å²) in [4.78, 5) is 23.0.